The molecule has 7 heteroatoms. The normalized spacial score (nSPS) is 12.2. The number of hydrogen-bond donors (Lipinski definition) is 2. The summed E-state index contributed by atoms with van der Waals surface area (Å²) in [6.07, 6.45) is 3.47. The van der Waals surface area contributed by atoms with Crippen LogP contribution in [-0.4, -0.2) is 27.6 Å². The zero-order valence-corrected chi connectivity index (χ0v) is 13.8. The number of aromatic carboxylic acids is 1. The van der Waals surface area contributed by atoms with Gasteiger partial charge in [-0.25, -0.2) is 25.0 Å². The van der Waals surface area contributed by atoms with Gasteiger partial charge in [-0.05, 0) is 30.2 Å². The summed E-state index contributed by atoms with van der Waals surface area (Å²) in [6, 6.07) is 14.1. The number of rotatable bonds is 2. The van der Waals surface area contributed by atoms with Gasteiger partial charge in [-0.1, -0.05) is 30.3 Å². The quantitative estimate of drug-likeness (QED) is 0.689. The first-order valence-electron chi connectivity index (χ1n) is 7.96. The Balaban J connectivity index is 0.000000167. The van der Waals surface area contributed by atoms with Crippen molar-refractivity contribution in [3.05, 3.63) is 77.9 Å². The molecule has 0 amide bonds. The van der Waals surface area contributed by atoms with Crippen molar-refractivity contribution in [2.24, 2.45) is 5.84 Å². The van der Waals surface area contributed by atoms with Crippen LogP contribution in [0.4, 0.5) is 10.1 Å². The SMILES string of the molecule is NN1CCc2ccccc21.O=C(O)c1cnc(-c2cccc(F)c2)nc1. The van der Waals surface area contributed by atoms with E-state index in [1.807, 2.05) is 6.07 Å². The predicted molar refractivity (Wildman–Crippen MR) is 96.1 cm³/mol. The highest BCUT2D eigenvalue weighted by Gasteiger charge is 2.13. The number of benzene rings is 2. The lowest BCUT2D eigenvalue weighted by Crippen LogP contribution is -2.27. The van der Waals surface area contributed by atoms with E-state index >= 15 is 0 Å². The summed E-state index contributed by atoms with van der Waals surface area (Å²) >= 11 is 0. The van der Waals surface area contributed by atoms with Crippen LogP contribution in [0, 0.1) is 5.82 Å². The molecule has 0 unspecified atom stereocenters. The number of para-hydroxylation sites is 1. The molecular weight excluding hydrogens is 335 g/mol. The molecule has 26 heavy (non-hydrogen) atoms. The van der Waals surface area contributed by atoms with E-state index in [-0.39, 0.29) is 11.4 Å². The molecule has 3 aromatic rings. The highest BCUT2D eigenvalue weighted by atomic mass is 19.1. The van der Waals surface area contributed by atoms with Crippen molar-refractivity contribution in [2.45, 2.75) is 6.42 Å². The number of halogens is 1. The third kappa shape index (κ3) is 4.01. The van der Waals surface area contributed by atoms with Gasteiger partial charge in [0.05, 0.1) is 11.3 Å². The Morgan fingerprint density at radius 2 is 1.85 bits per heavy atom. The average molecular weight is 352 g/mol. The summed E-state index contributed by atoms with van der Waals surface area (Å²) in [5.74, 6) is 4.50. The van der Waals surface area contributed by atoms with E-state index in [4.69, 9.17) is 10.9 Å². The summed E-state index contributed by atoms with van der Waals surface area (Å²) in [6.45, 7) is 0.958. The maximum absolute atomic E-state index is 12.9. The number of fused-ring (bicyclic) bond motifs is 1. The molecule has 0 saturated carbocycles. The third-order valence-electron chi connectivity index (χ3n) is 3.90. The Hall–Kier alpha value is -3.32. The summed E-state index contributed by atoms with van der Waals surface area (Å²) in [5.41, 5.74) is 3.06. The first-order valence-corrected chi connectivity index (χ1v) is 7.96. The van der Waals surface area contributed by atoms with Crippen LogP contribution in [0.15, 0.2) is 60.9 Å². The molecule has 6 nitrogen and oxygen atoms in total. The molecule has 0 atom stereocenters. The van der Waals surface area contributed by atoms with Gasteiger partial charge >= 0.3 is 5.97 Å². The minimum absolute atomic E-state index is 0.000142. The van der Waals surface area contributed by atoms with Crippen LogP contribution in [0.3, 0.4) is 0 Å². The highest BCUT2D eigenvalue weighted by Crippen LogP contribution is 2.23. The molecule has 2 heterocycles. The second-order valence-corrected chi connectivity index (χ2v) is 5.68. The third-order valence-corrected chi connectivity index (χ3v) is 3.90. The van der Waals surface area contributed by atoms with E-state index in [2.05, 4.69) is 28.2 Å². The van der Waals surface area contributed by atoms with Crippen molar-refractivity contribution in [1.82, 2.24) is 9.97 Å². The van der Waals surface area contributed by atoms with Crippen molar-refractivity contribution < 1.29 is 14.3 Å². The predicted octanol–water partition coefficient (Wildman–Crippen LogP) is 2.90. The fourth-order valence-electron chi connectivity index (χ4n) is 2.58. The topological polar surface area (TPSA) is 92.3 Å². The summed E-state index contributed by atoms with van der Waals surface area (Å²) in [4.78, 5) is 18.3. The molecule has 132 valence electrons. The van der Waals surface area contributed by atoms with Gasteiger partial charge < -0.3 is 10.1 Å². The Bertz CT molecular complexity index is 915. The molecular formula is C19H17FN4O2. The standard InChI is InChI=1S/C11H7FN2O2.C8H10N2/c12-9-3-1-2-7(4-9)10-13-5-8(6-14-10)11(15)16;9-10-6-5-7-3-1-2-4-8(7)10/h1-6H,(H,15,16);1-4H,5-6,9H2. The molecule has 1 aliphatic heterocycles. The minimum Gasteiger partial charge on any atom is -0.478 e. The summed E-state index contributed by atoms with van der Waals surface area (Å²) in [5, 5.41) is 10.5. The van der Waals surface area contributed by atoms with Crippen LogP contribution in [0.5, 0.6) is 0 Å². The molecule has 0 fully saturated rings. The molecule has 2 aromatic carbocycles. The Labute approximate surface area is 149 Å². The van der Waals surface area contributed by atoms with E-state index in [1.54, 1.807) is 17.1 Å². The lowest BCUT2D eigenvalue weighted by Gasteiger charge is -2.09. The zero-order chi connectivity index (χ0) is 18.5. The van der Waals surface area contributed by atoms with Gasteiger partial charge in [-0.3, -0.25) is 0 Å². The molecule has 1 aromatic heterocycles. The van der Waals surface area contributed by atoms with Gasteiger partial charge in [0.1, 0.15) is 5.82 Å². The second-order valence-electron chi connectivity index (χ2n) is 5.68. The van der Waals surface area contributed by atoms with Crippen LogP contribution >= 0.6 is 0 Å². The lowest BCUT2D eigenvalue weighted by atomic mass is 10.2. The minimum atomic E-state index is -1.09. The number of hydrazine groups is 1. The molecule has 0 bridgehead atoms. The van der Waals surface area contributed by atoms with Crippen molar-refractivity contribution in [2.75, 3.05) is 11.6 Å². The monoisotopic (exact) mass is 352 g/mol. The Kier molecular flexibility index (Phi) is 5.19. The van der Waals surface area contributed by atoms with Crippen molar-refractivity contribution in [1.29, 1.82) is 0 Å². The molecule has 4 rings (SSSR count). The number of nitrogens with zero attached hydrogens (tertiary/aromatic N) is 3. The van der Waals surface area contributed by atoms with Crippen molar-refractivity contribution >= 4 is 11.7 Å². The zero-order valence-electron chi connectivity index (χ0n) is 13.8. The van der Waals surface area contributed by atoms with E-state index in [9.17, 15) is 9.18 Å². The molecule has 0 spiro atoms. The molecule has 0 saturated heterocycles. The second kappa shape index (κ2) is 7.71. The Morgan fingerprint density at radius 1 is 1.12 bits per heavy atom. The first kappa shape index (κ1) is 17.5. The number of carboxylic acids is 1. The fourth-order valence-corrected chi connectivity index (χ4v) is 2.58. The van der Waals surface area contributed by atoms with Crippen LogP contribution in [-0.2, 0) is 6.42 Å². The van der Waals surface area contributed by atoms with Gasteiger partial charge in [-0.2, -0.15) is 0 Å². The largest absolute Gasteiger partial charge is 0.478 e. The summed E-state index contributed by atoms with van der Waals surface area (Å²) in [7, 11) is 0. The maximum Gasteiger partial charge on any atom is 0.338 e. The number of nitrogens with two attached hydrogens (primary N) is 1. The molecule has 0 aliphatic carbocycles. The van der Waals surface area contributed by atoms with Crippen LogP contribution < -0.4 is 10.9 Å². The van der Waals surface area contributed by atoms with E-state index in [0.717, 1.165) is 13.0 Å². The van der Waals surface area contributed by atoms with E-state index in [1.165, 1.54) is 35.8 Å². The highest BCUT2D eigenvalue weighted by molar-refractivity contribution is 5.86. The van der Waals surface area contributed by atoms with Crippen molar-refractivity contribution in [3.63, 3.8) is 0 Å². The number of aromatic nitrogens is 2. The first-order chi connectivity index (χ1) is 12.5. The van der Waals surface area contributed by atoms with Gasteiger partial charge in [0.2, 0.25) is 0 Å². The molecule has 3 N–H and O–H groups in total. The molecule has 0 radical (unpaired) electrons. The van der Waals surface area contributed by atoms with Gasteiger partial charge in [0.25, 0.3) is 0 Å². The number of hydrogen-bond acceptors (Lipinski definition) is 5. The maximum atomic E-state index is 12.9. The fraction of sp³-hybridized carbons (Fsp3) is 0.105. The van der Waals surface area contributed by atoms with Gasteiger partial charge in [0.15, 0.2) is 5.82 Å². The van der Waals surface area contributed by atoms with Crippen LogP contribution in [0.1, 0.15) is 15.9 Å². The van der Waals surface area contributed by atoms with E-state index < -0.39 is 5.97 Å². The summed E-state index contributed by atoms with van der Waals surface area (Å²) < 4.78 is 12.9. The van der Waals surface area contributed by atoms with Gasteiger partial charge in [-0.15, -0.1) is 0 Å². The number of carboxylic acid groups (broad SMARTS) is 1. The molecule has 1 aliphatic rings. The average Bonchev–Trinajstić information content (AvgIpc) is 3.04. The lowest BCUT2D eigenvalue weighted by molar-refractivity contribution is 0.0696. The van der Waals surface area contributed by atoms with E-state index in [0.29, 0.717) is 11.4 Å². The smallest absolute Gasteiger partial charge is 0.338 e. The van der Waals surface area contributed by atoms with Crippen LogP contribution in [0.25, 0.3) is 11.4 Å². The van der Waals surface area contributed by atoms with Gasteiger partial charge in [0, 0.05) is 24.5 Å². The number of carbonyl (C=O) groups is 1. The Morgan fingerprint density at radius 3 is 2.50 bits per heavy atom. The van der Waals surface area contributed by atoms with Crippen LogP contribution in [0.2, 0.25) is 0 Å². The van der Waals surface area contributed by atoms with Crippen molar-refractivity contribution in [3.8, 4) is 11.4 Å². The number of anilines is 1.